The molecule has 2 heterocycles. The summed E-state index contributed by atoms with van der Waals surface area (Å²) in [6, 6.07) is 5.36. The van der Waals surface area contributed by atoms with Gasteiger partial charge in [0.2, 0.25) is 0 Å². The highest BCUT2D eigenvalue weighted by Gasteiger charge is 2.21. The third-order valence-corrected chi connectivity index (χ3v) is 4.76. The number of rotatable bonds is 4. The highest BCUT2D eigenvalue weighted by molar-refractivity contribution is 14.1. The fraction of sp³-hybridized carbons (Fsp3) is 0.429. The molecule has 0 aliphatic carbocycles. The summed E-state index contributed by atoms with van der Waals surface area (Å²) in [5.74, 6) is 1.02. The quantitative estimate of drug-likeness (QED) is 0.773. The van der Waals surface area contributed by atoms with Crippen molar-refractivity contribution in [2.45, 2.75) is 18.9 Å². The van der Waals surface area contributed by atoms with Crippen molar-refractivity contribution >= 4 is 34.2 Å². The van der Waals surface area contributed by atoms with Crippen molar-refractivity contribution in [2.75, 3.05) is 19.6 Å². The SMILES string of the molecule is NC(CN1CCCC1)c1noc(-c2cc(Cl)ccc2I)n1. The lowest BCUT2D eigenvalue weighted by Gasteiger charge is -2.17. The van der Waals surface area contributed by atoms with Gasteiger partial charge in [-0.1, -0.05) is 16.8 Å². The zero-order chi connectivity index (χ0) is 14.8. The molecule has 0 amide bonds. The van der Waals surface area contributed by atoms with Gasteiger partial charge in [-0.2, -0.15) is 4.98 Å². The van der Waals surface area contributed by atoms with Gasteiger partial charge in [0.25, 0.3) is 5.89 Å². The second-order valence-electron chi connectivity index (χ2n) is 5.20. The van der Waals surface area contributed by atoms with E-state index in [9.17, 15) is 0 Å². The Morgan fingerprint density at radius 1 is 1.38 bits per heavy atom. The van der Waals surface area contributed by atoms with Crippen molar-refractivity contribution in [3.63, 3.8) is 0 Å². The van der Waals surface area contributed by atoms with Crippen molar-refractivity contribution in [3.05, 3.63) is 32.6 Å². The van der Waals surface area contributed by atoms with E-state index in [1.807, 2.05) is 18.2 Å². The van der Waals surface area contributed by atoms with Gasteiger partial charge in [-0.3, -0.25) is 0 Å². The summed E-state index contributed by atoms with van der Waals surface area (Å²) in [5, 5.41) is 4.67. The Hall–Kier alpha value is -0.700. The Labute approximate surface area is 142 Å². The number of aromatic nitrogens is 2. The van der Waals surface area contributed by atoms with Gasteiger partial charge in [0.1, 0.15) is 0 Å². The van der Waals surface area contributed by atoms with Crippen molar-refractivity contribution in [1.82, 2.24) is 15.0 Å². The Balaban J connectivity index is 1.77. The first-order valence-electron chi connectivity index (χ1n) is 6.90. The Morgan fingerprint density at radius 2 is 2.14 bits per heavy atom. The highest BCUT2D eigenvalue weighted by atomic mass is 127. The molecule has 0 saturated carbocycles. The molecule has 0 bridgehead atoms. The predicted molar refractivity (Wildman–Crippen MR) is 90.1 cm³/mol. The largest absolute Gasteiger partial charge is 0.334 e. The summed E-state index contributed by atoms with van der Waals surface area (Å²) in [7, 11) is 0. The van der Waals surface area contributed by atoms with E-state index in [0.717, 1.165) is 28.8 Å². The van der Waals surface area contributed by atoms with Crippen molar-refractivity contribution in [1.29, 1.82) is 0 Å². The standard InChI is InChI=1S/C14H16ClIN4O/c15-9-3-4-11(16)10(7-9)14-18-13(19-21-14)12(17)8-20-5-1-2-6-20/h3-4,7,12H,1-2,5-6,8,17H2. The van der Waals surface area contributed by atoms with E-state index >= 15 is 0 Å². The molecule has 1 aliphatic heterocycles. The number of benzene rings is 1. The minimum absolute atomic E-state index is 0.225. The van der Waals surface area contributed by atoms with Crippen molar-refractivity contribution in [3.8, 4) is 11.5 Å². The molecule has 1 fully saturated rings. The molecule has 0 spiro atoms. The Kier molecular flexibility index (Phi) is 4.78. The summed E-state index contributed by atoms with van der Waals surface area (Å²) < 4.78 is 6.36. The minimum Gasteiger partial charge on any atom is -0.334 e. The molecule has 21 heavy (non-hydrogen) atoms. The van der Waals surface area contributed by atoms with Crippen LogP contribution in [0.15, 0.2) is 22.7 Å². The molecular formula is C14H16ClIN4O. The van der Waals surface area contributed by atoms with E-state index in [4.69, 9.17) is 21.9 Å². The van der Waals surface area contributed by atoms with Gasteiger partial charge in [-0.15, -0.1) is 0 Å². The molecule has 112 valence electrons. The van der Waals surface area contributed by atoms with E-state index in [2.05, 4.69) is 37.6 Å². The molecule has 1 aromatic heterocycles. The number of nitrogens with two attached hydrogens (primary N) is 1. The van der Waals surface area contributed by atoms with Crippen LogP contribution in [0.3, 0.4) is 0 Å². The Bertz CT molecular complexity index is 627. The van der Waals surface area contributed by atoms with Crippen LogP contribution in [0.2, 0.25) is 5.02 Å². The highest BCUT2D eigenvalue weighted by Crippen LogP contribution is 2.27. The molecule has 1 atom stereocenters. The lowest BCUT2D eigenvalue weighted by Crippen LogP contribution is -2.30. The predicted octanol–water partition coefficient (Wildman–Crippen LogP) is 3.09. The van der Waals surface area contributed by atoms with Gasteiger partial charge in [0.05, 0.1) is 11.6 Å². The number of hydrogen-bond acceptors (Lipinski definition) is 5. The van der Waals surface area contributed by atoms with Crippen LogP contribution in [-0.4, -0.2) is 34.7 Å². The molecule has 1 unspecified atom stereocenters. The molecule has 1 aromatic carbocycles. The van der Waals surface area contributed by atoms with E-state index in [-0.39, 0.29) is 6.04 Å². The molecule has 2 aromatic rings. The van der Waals surface area contributed by atoms with Gasteiger partial charge in [-0.25, -0.2) is 0 Å². The van der Waals surface area contributed by atoms with Crippen LogP contribution in [0.4, 0.5) is 0 Å². The third-order valence-electron chi connectivity index (χ3n) is 3.59. The molecule has 2 N–H and O–H groups in total. The maximum absolute atomic E-state index is 6.18. The second-order valence-corrected chi connectivity index (χ2v) is 6.79. The number of halogens is 2. The normalized spacial score (nSPS) is 17.3. The van der Waals surface area contributed by atoms with Gasteiger partial charge in [-0.05, 0) is 66.7 Å². The first kappa shape index (κ1) is 15.2. The van der Waals surface area contributed by atoms with E-state index < -0.39 is 0 Å². The minimum atomic E-state index is -0.225. The van der Waals surface area contributed by atoms with E-state index in [0.29, 0.717) is 16.7 Å². The number of nitrogens with zero attached hydrogens (tertiary/aromatic N) is 3. The van der Waals surface area contributed by atoms with Gasteiger partial charge >= 0.3 is 0 Å². The lowest BCUT2D eigenvalue weighted by molar-refractivity contribution is 0.306. The third kappa shape index (κ3) is 3.56. The first-order valence-corrected chi connectivity index (χ1v) is 8.36. The maximum atomic E-state index is 6.18. The van der Waals surface area contributed by atoms with Crippen molar-refractivity contribution in [2.24, 2.45) is 5.73 Å². The zero-order valence-corrected chi connectivity index (χ0v) is 14.3. The second kappa shape index (κ2) is 6.60. The molecule has 5 nitrogen and oxygen atoms in total. The van der Waals surface area contributed by atoms with Crippen LogP contribution >= 0.6 is 34.2 Å². The van der Waals surface area contributed by atoms with Crippen molar-refractivity contribution < 1.29 is 4.52 Å². The summed E-state index contributed by atoms with van der Waals surface area (Å²) in [4.78, 5) is 6.77. The number of hydrogen-bond donors (Lipinski definition) is 1. The lowest BCUT2D eigenvalue weighted by atomic mass is 10.2. The van der Waals surface area contributed by atoms with Crippen LogP contribution in [0.1, 0.15) is 24.7 Å². The molecular weight excluding hydrogens is 403 g/mol. The average molecular weight is 419 g/mol. The summed E-state index contributed by atoms with van der Waals surface area (Å²) in [5.41, 5.74) is 7.02. The van der Waals surface area contributed by atoms with Crippen LogP contribution in [0, 0.1) is 3.57 Å². The molecule has 7 heteroatoms. The molecule has 1 saturated heterocycles. The summed E-state index contributed by atoms with van der Waals surface area (Å²) in [6.45, 7) is 2.97. The van der Waals surface area contributed by atoms with Crippen LogP contribution in [0.5, 0.6) is 0 Å². The molecule has 3 rings (SSSR count). The smallest absolute Gasteiger partial charge is 0.259 e. The topological polar surface area (TPSA) is 68.2 Å². The average Bonchev–Trinajstić information content (AvgIpc) is 3.12. The summed E-state index contributed by atoms with van der Waals surface area (Å²) in [6.07, 6.45) is 2.48. The fourth-order valence-electron chi connectivity index (χ4n) is 2.48. The van der Waals surface area contributed by atoms with Gasteiger partial charge < -0.3 is 15.2 Å². The maximum Gasteiger partial charge on any atom is 0.259 e. The first-order chi connectivity index (χ1) is 10.1. The van der Waals surface area contributed by atoms with E-state index in [1.54, 1.807) is 0 Å². The van der Waals surface area contributed by atoms with Gasteiger partial charge in [0, 0.05) is 15.1 Å². The van der Waals surface area contributed by atoms with Crippen LogP contribution in [-0.2, 0) is 0 Å². The zero-order valence-electron chi connectivity index (χ0n) is 11.4. The van der Waals surface area contributed by atoms with Crippen LogP contribution < -0.4 is 5.73 Å². The van der Waals surface area contributed by atoms with Crippen LogP contribution in [0.25, 0.3) is 11.5 Å². The van der Waals surface area contributed by atoms with E-state index in [1.165, 1.54) is 12.8 Å². The van der Waals surface area contributed by atoms with Gasteiger partial charge in [0.15, 0.2) is 5.82 Å². The fourth-order valence-corrected chi connectivity index (χ4v) is 3.22. The monoisotopic (exact) mass is 418 g/mol. The molecule has 1 aliphatic rings. The summed E-state index contributed by atoms with van der Waals surface area (Å²) >= 11 is 8.25. The number of likely N-dealkylation sites (tertiary alicyclic amines) is 1. The Morgan fingerprint density at radius 3 is 2.90 bits per heavy atom. The molecule has 0 radical (unpaired) electrons.